The summed E-state index contributed by atoms with van der Waals surface area (Å²) in [5, 5.41) is 9.98. The zero-order chi connectivity index (χ0) is 16.0. The number of halogens is 1. The lowest BCUT2D eigenvalue weighted by atomic mass is 10.1. The normalized spacial score (nSPS) is 12.0. The number of aryl methyl sites for hydroxylation is 3. The van der Waals surface area contributed by atoms with Gasteiger partial charge in [-0.2, -0.15) is 5.10 Å². The quantitative estimate of drug-likeness (QED) is 0.736. The number of nitrogens with zero attached hydrogens (tertiary/aromatic N) is 3. The van der Waals surface area contributed by atoms with Gasteiger partial charge in [0.1, 0.15) is 4.83 Å². The van der Waals surface area contributed by atoms with Gasteiger partial charge in [0, 0.05) is 19.0 Å². The molecular formula is C16H21ClN4S. The fraction of sp³-hybridized carbons (Fsp3) is 0.500. The molecule has 0 aliphatic carbocycles. The van der Waals surface area contributed by atoms with Crippen molar-refractivity contribution >= 4 is 49.2 Å². The number of fused-ring (bicyclic) bond motifs is 3. The first-order valence-electron chi connectivity index (χ1n) is 7.56. The summed E-state index contributed by atoms with van der Waals surface area (Å²) in [6.45, 7) is 9.41. The fourth-order valence-electron chi connectivity index (χ4n) is 2.72. The standard InChI is InChI=1S/C16H21ClN4S/c1-8(2)6-7-18-15-14-13(21(5)20-15)11-9(3)12(17)10(4)19-16(11)22-14/h8H,6-7H2,1-5H3,(H,18,20). The highest BCUT2D eigenvalue weighted by atomic mass is 35.5. The zero-order valence-corrected chi connectivity index (χ0v) is 15.2. The van der Waals surface area contributed by atoms with E-state index in [0.29, 0.717) is 5.92 Å². The van der Waals surface area contributed by atoms with E-state index in [1.165, 1.54) is 4.70 Å². The summed E-state index contributed by atoms with van der Waals surface area (Å²) in [7, 11) is 1.98. The maximum atomic E-state index is 6.39. The van der Waals surface area contributed by atoms with E-state index >= 15 is 0 Å². The molecule has 0 aliphatic rings. The molecule has 0 amide bonds. The van der Waals surface area contributed by atoms with Crippen LogP contribution in [-0.4, -0.2) is 21.3 Å². The van der Waals surface area contributed by atoms with Crippen LogP contribution in [0.5, 0.6) is 0 Å². The van der Waals surface area contributed by atoms with Crippen LogP contribution in [0.25, 0.3) is 20.4 Å². The van der Waals surface area contributed by atoms with E-state index in [2.05, 4.69) is 36.2 Å². The summed E-state index contributed by atoms with van der Waals surface area (Å²) >= 11 is 8.08. The van der Waals surface area contributed by atoms with Crippen LogP contribution in [0.2, 0.25) is 5.02 Å². The van der Waals surface area contributed by atoms with Gasteiger partial charge >= 0.3 is 0 Å². The van der Waals surface area contributed by atoms with Gasteiger partial charge in [0.2, 0.25) is 0 Å². The van der Waals surface area contributed by atoms with Gasteiger partial charge in [-0.25, -0.2) is 4.98 Å². The predicted molar refractivity (Wildman–Crippen MR) is 96.3 cm³/mol. The molecule has 22 heavy (non-hydrogen) atoms. The lowest BCUT2D eigenvalue weighted by Gasteiger charge is -2.05. The average molecular weight is 337 g/mol. The number of pyridine rings is 1. The van der Waals surface area contributed by atoms with Crippen molar-refractivity contribution in [1.82, 2.24) is 14.8 Å². The number of aromatic nitrogens is 3. The first kappa shape index (κ1) is 15.6. The minimum absolute atomic E-state index is 0.680. The van der Waals surface area contributed by atoms with Gasteiger partial charge in [0.05, 0.1) is 20.9 Å². The molecule has 3 rings (SSSR count). The third-order valence-electron chi connectivity index (χ3n) is 3.96. The largest absolute Gasteiger partial charge is 0.367 e. The first-order valence-corrected chi connectivity index (χ1v) is 8.75. The summed E-state index contributed by atoms with van der Waals surface area (Å²) in [6.07, 6.45) is 1.13. The Bertz CT molecular complexity index is 847. The molecule has 0 bridgehead atoms. The Morgan fingerprint density at radius 3 is 2.73 bits per heavy atom. The van der Waals surface area contributed by atoms with E-state index in [4.69, 9.17) is 11.6 Å². The molecule has 1 N–H and O–H groups in total. The molecule has 3 aromatic rings. The van der Waals surface area contributed by atoms with E-state index in [1.54, 1.807) is 11.3 Å². The van der Waals surface area contributed by atoms with Crippen LogP contribution in [-0.2, 0) is 7.05 Å². The highest BCUT2D eigenvalue weighted by Crippen LogP contribution is 2.40. The van der Waals surface area contributed by atoms with Crippen LogP contribution >= 0.6 is 22.9 Å². The minimum atomic E-state index is 0.680. The zero-order valence-electron chi connectivity index (χ0n) is 13.6. The van der Waals surface area contributed by atoms with Crippen molar-refractivity contribution < 1.29 is 0 Å². The molecule has 0 radical (unpaired) electrons. The van der Waals surface area contributed by atoms with Gasteiger partial charge in [-0.3, -0.25) is 4.68 Å². The van der Waals surface area contributed by atoms with Crippen molar-refractivity contribution in [2.75, 3.05) is 11.9 Å². The molecule has 4 nitrogen and oxygen atoms in total. The SMILES string of the molecule is Cc1nc2sc3c(NCCC(C)C)nn(C)c3c2c(C)c1Cl. The highest BCUT2D eigenvalue weighted by Gasteiger charge is 2.19. The molecule has 0 saturated carbocycles. The second-order valence-electron chi connectivity index (χ2n) is 6.18. The molecule has 0 spiro atoms. The smallest absolute Gasteiger partial charge is 0.166 e. The van der Waals surface area contributed by atoms with Crippen LogP contribution in [0, 0.1) is 19.8 Å². The van der Waals surface area contributed by atoms with Crippen molar-refractivity contribution in [3.63, 3.8) is 0 Å². The second-order valence-corrected chi connectivity index (χ2v) is 7.55. The molecule has 3 aromatic heterocycles. The Labute approximate surface area is 139 Å². The predicted octanol–water partition coefficient (Wildman–Crippen LogP) is 4.91. The Hall–Kier alpha value is -1.33. The molecule has 0 atom stereocenters. The summed E-state index contributed by atoms with van der Waals surface area (Å²) in [5.41, 5.74) is 3.10. The van der Waals surface area contributed by atoms with Gasteiger partial charge in [-0.05, 0) is 31.7 Å². The minimum Gasteiger partial charge on any atom is -0.367 e. The molecule has 0 saturated heterocycles. The Morgan fingerprint density at radius 1 is 1.32 bits per heavy atom. The summed E-state index contributed by atoms with van der Waals surface area (Å²) in [4.78, 5) is 5.69. The number of hydrogen-bond donors (Lipinski definition) is 1. The number of nitrogens with one attached hydrogen (secondary N) is 1. The molecule has 6 heteroatoms. The molecule has 0 unspecified atom stereocenters. The van der Waals surface area contributed by atoms with E-state index in [-0.39, 0.29) is 0 Å². The number of hydrogen-bond acceptors (Lipinski definition) is 4. The Morgan fingerprint density at radius 2 is 2.05 bits per heavy atom. The van der Waals surface area contributed by atoms with E-state index < -0.39 is 0 Å². The number of rotatable bonds is 4. The maximum Gasteiger partial charge on any atom is 0.166 e. The lowest BCUT2D eigenvalue weighted by Crippen LogP contribution is -2.05. The summed E-state index contributed by atoms with van der Waals surface area (Å²) in [5.74, 6) is 1.63. The van der Waals surface area contributed by atoms with E-state index in [1.807, 2.05) is 18.7 Å². The van der Waals surface area contributed by atoms with Crippen LogP contribution in [0.1, 0.15) is 31.5 Å². The van der Waals surface area contributed by atoms with Crippen LogP contribution in [0.3, 0.4) is 0 Å². The third-order valence-corrected chi connectivity index (χ3v) is 5.59. The Kier molecular flexibility index (Phi) is 4.03. The van der Waals surface area contributed by atoms with Gasteiger partial charge in [-0.15, -0.1) is 11.3 Å². The topological polar surface area (TPSA) is 42.7 Å². The van der Waals surface area contributed by atoms with Crippen molar-refractivity contribution in [3.8, 4) is 0 Å². The molecule has 0 aromatic carbocycles. The molecule has 0 fully saturated rings. The third kappa shape index (κ3) is 2.46. The summed E-state index contributed by atoms with van der Waals surface area (Å²) < 4.78 is 3.10. The van der Waals surface area contributed by atoms with Crippen molar-refractivity contribution in [2.45, 2.75) is 34.1 Å². The second kappa shape index (κ2) is 5.70. The first-order chi connectivity index (χ1) is 10.4. The molecular weight excluding hydrogens is 316 g/mol. The monoisotopic (exact) mass is 336 g/mol. The van der Waals surface area contributed by atoms with Crippen LogP contribution < -0.4 is 5.32 Å². The van der Waals surface area contributed by atoms with Crippen molar-refractivity contribution in [1.29, 1.82) is 0 Å². The number of anilines is 1. The maximum absolute atomic E-state index is 6.39. The van der Waals surface area contributed by atoms with Crippen molar-refractivity contribution in [3.05, 3.63) is 16.3 Å². The van der Waals surface area contributed by atoms with Gasteiger partial charge in [0.15, 0.2) is 5.82 Å². The van der Waals surface area contributed by atoms with Gasteiger partial charge < -0.3 is 5.32 Å². The van der Waals surface area contributed by atoms with Crippen molar-refractivity contribution in [2.24, 2.45) is 13.0 Å². The van der Waals surface area contributed by atoms with Gasteiger partial charge in [-0.1, -0.05) is 25.4 Å². The number of thiophene rings is 1. The highest BCUT2D eigenvalue weighted by molar-refractivity contribution is 7.26. The Balaban J connectivity index is 2.14. The van der Waals surface area contributed by atoms with E-state index in [0.717, 1.165) is 50.8 Å². The van der Waals surface area contributed by atoms with Gasteiger partial charge in [0.25, 0.3) is 0 Å². The average Bonchev–Trinajstić information content (AvgIpc) is 2.95. The molecule has 3 heterocycles. The lowest BCUT2D eigenvalue weighted by molar-refractivity contribution is 0.606. The van der Waals surface area contributed by atoms with E-state index in [9.17, 15) is 0 Å². The van der Waals surface area contributed by atoms with Crippen LogP contribution in [0.15, 0.2) is 0 Å². The summed E-state index contributed by atoms with van der Waals surface area (Å²) in [6, 6.07) is 0. The van der Waals surface area contributed by atoms with Crippen LogP contribution in [0.4, 0.5) is 5.82 Å². The fourth-order valence-corrected chi connectivity index (χ4v) is 4.12. The molecule has 0 aliphatic heterocycles. The molecule has 118 valence electrons.